The molecule has 1 aliphatic rings. The third kappa shape index (κ3) is 4.20. The first-order valence-electron chi connectivity index (χ1n) is 9.09. The Labute approximate surface area is 158 Å². The van der Waals surface area contributed by atoms with Crippen molar-refractivity contribution in [2.75, 3.05) is 36.5 Å². The highest BCUT2D eigenvalue weighted by Crippen LogP contribution is 2.22. The minimum Gasteiger partial charge on any atom is -0.457 e. The molecule has 1 N–H and O–H groups in total. The molecular weight excluding hydrogens is 340 g/mol. The summed E-state index contributed by atoms with van der Waals surface area (Å²) in [5, 5.41) is 3.90. The molecule has 5 nitrogen and oxygen atoms in total. The van der Waals surface area contributed by atoms with Gasteiger partial charge in [0.05, 0.1) is 13.2 Å². The molecule has 1 aliphatic heterocycles. The number of hydrogen-bond acceptors (Lipinski definition) is 4. The first-order chi connectivity index (χ1) is 13.2. The SMILES string of the molecule is Cc1ccc2cc(/C=C/C(=O)Nc3ccc(N4CCOCC4)cc3)oc2c1. The van der Waals surface area contributed by atoms with Crippen LogP contribution in [0.25, 0.3) is 17.0 Å². The third-order valence-corrected chi connectivity index (χ3v) is 4.60. The zero-order valence-corrected chi connectivity index (χ0v) is 15.3. The number of benzene rings is 2. The summed E-state index contributed by atoms with van der Waals surface area (Å²) in [4.78, 5) is 14.5. The van der Waals surface area contributed by atoms with E-state index in [4.69, 9.17) is 9.15 Å². The zero-order chi connectivity index (χ0) is 18.6. The first-order valence-corrected chi connectivity index (χ1v) is 9.09. The number of rotatable bonds is 4. The number of hydrogen-bond donors (Lipinski definition) is 1. The fraction of sp³-hybridized carbons (Fsp3) is 0.227. The second-order valence-electron chi connectivity index (χ2n) is 6.66. The molecule has 1 saturated heterocycles. The van der Waals surface area contributed by atoms with Gasteiger partial charge in [-0.2, -0.15) is 0 Å². The maximum Gasteiger partial charge on any atom is 0.248 e. The number of morpholine rings is 1. The van der Waals surface area contributed by atoms with Gasteiger partial charge >= 0.3 is 0 Å². The Hall–Kier alpha value is -3.05. The van der Waals surface area contributed by atoms with Crippen LogP contribution in [0, 0.1) is 6.92 Å². The van der Waals surface area contributed by atoms with Crippen LogP contribution >= 0.6 is 0 Å². The van der Waals surface area contributed by atoms with Crippen molar-refractivity contribution in [2.24, 2.45) is 0 Å². The van der Waals surface area contributed by atoms with E-state index in [0.29, 0.717) is 5.76 Å². The number of carbonyl (C=O) groups excluding carboxylic acids is 1. The molecule has 0 spiro atoms. The molecule has 0 unspecified atom stereocenters. The number of fused-ring (bicyclic) bond motifs is 1. The molecule has 0 radical (unpaired) electrons. The summed E-state index contributed by atoms with van der Waals surface area (Å²) < 4.78 is 11.1. The summed E-state index contributed by atoms with van der Waals surface area (Å²) in [7, 11) is 0. The number of amides is 1. The van der Waals surface area contributed by atoms with E-state index in [0.717, 1.165) is 54.2 Å². The molecule has 0 atom stereocenters. The predicted octanol–water partition coefficient (Wildman–Crippen LogP) is 4.23. The standard InChI is InChI=1S/C22H22N2O3/c1-16-2-3-17-15-20(27-21(17)14-16)8-9-22(25)23-18-4-6-19(7-5-18)24-10-12-26-13-11-24/h2-9,14-15H,10-13H2,1H3,(H,23,25)/b9-8+. The molecule has 0 bridgehead atoms. The Kier molecular flexibility index (Phi) is 4.94. The van der Waals surface area contributed by atoms with Gasteiger partial charge in [-0.15, -0.1) is 0 Å². The Balaban J connectivity index is 1.38. The lowest BCUT2D eigenvalue weighted by Gasteiger charge is -2.28. The molecule has 2 heterocycles. The van der Waals surface area contributed by atoms with E-state index in [-0.39, 0.29) is 5.91 Å². The van der Waals surface area contributed by atoms with Crippen LogP contribution in [0.5, 0.6) is 0 Å². The van der Waals surface area contributed by atoms with Crippen molar-refractivity contribution < 1.29 is 13.9 Å². The van der Waals surface area contributed by atoms with Gasteiger partial charge < -0.3 is 19.4 Å². The summed E-state index contributed by atoms with van der Waals surface area (Å²) in [6.07, 6.45) is 3.17. The molecular formula is C22H22N2O3. The van der Waals surface area contributed by atoms with E-state index in [1.54, 1.807) is 6.08 Å². The molecule has 1 aromatic heterocycles. The average molecular weight is 362 g/mol. The first kappa shape index (κ1) is 17.4. The van der Waals surface area contributed by atoms with Gasteiger partial charge in [-0.1, -0.05) is 12.1 Å². The van der Waals surface area contributed by atoms with Crippen LogP contribution in [0.1, 0.15) is 11.3 Å². The van der Waals surface area contributed by atoms with E-state index in [2.05, 4.69) is 10.2 Å². The molecule has 3 aromatic rings. The zero-order valence-electron chi connectivity index (χ0n) is 15.3. The number of ether oxygens (including phenoxy) is 1. The third-order valence-electron chi connectivity index (χ3n) is 4.60. The summed E-state index contributed by atoms with van der Waals surface area (Å²) in [6, 6.07) is 15.8. The second-order valence-corrected chi connectivity index (χ2v) is 6.66. The molecule has 2 aromatic carbocycles. The minimum atomic E-state index is -0.189. The van der Waals surface area contributed by atoms with Crippen LogP contribution in [0.3, 0.4) is 0 Å². The van der Waals surface area contributed by atoms with E-state index in [9.17, 15) is 4.79 Å². The number of nitrogens with zero attached hydrogens (tertiary/aromatic N) is 1. The van der Waals surface area contributed by atoms with Crippen molar-refractivity contribution >= 4 is 34.3 Å². The number of carbonyl (C=O) groups is 1. The highest BCUT2D eigenvalue weighted by Gasteiger charge is 2.11. The second kappa shape index (κ2) is 7.68. The van der Waals surface area contributed by atoms with Crippen LogP contribution < -0.4 is 10.2 Å². The minimum absolute atomic E-state index is 0.189. The van der Waals surface area contributed by atoms with Gasteiger partial charge in [0.1, 0.15) is 11.3 Å². The lowest BCUT2D eigenvalue weighted by atomic mass is 10.2. The molecule has 4 rings (SSSR count). The fourth-order valence-corrected chi connectivity index (χ4v) is 3.16. The lowest BCUT2D eigenvalue weighted by molar-refractivity contribution is -0.111. The molecule has 0 aliphatic carbocycles. The van der Waals surface area contributed by atoms with Gasteiger partial charge in [0.15, 0.2) is 0 Å². The van der Waals surface area contributed by atoms with Crippen LogP contribution in [-0.4, -0.2) is 32.2 Å². The lowest BCUT2D eigenvalue weighted by Crippen LogP contribution is -2.36. The molecule has 1 fully saturated rings. The van der Waals surface area contributed by atoms with Gasteiger partial charge in [0.25, 0.3) is 0 Å². The van der Waals surface area contributed by atoms with E-state index in [1.165, 1.54) is 6.08 Å². The molecule has 27 heavy (non-hydrogen) atoms. The van der Waals surface area contributed by atoms with Gasteiger partial charge in [0, 0.05) is 35.9 Å². The van der Waals surface area contributed by atoms with Crippen molar-refractivity contribution in [2.45, 2.75) is 6.92 Å². The topological polar surface area (TPSA) is 54.7 Å². The monoisotopic (exact) mass is 362 g/mol. The molecule has 138 valence electrons. The van der Waals surface area contributed by atoms with E-state index in [1.807, 2.05) is 55.5 Å². The van der Waals surface area contributed by atoms with Gasteiger partial charge in [0.2, 0.25) is 5.91 Å². The fourth-order valence-electron chi connectivity index (χ4n) is 3.16. The van der Waals surface area contributed by atoms with Crippen molar-refractivity contribution in [3.8, 4) is 0 Å². The number of anilines is 2. The Morgan fingerprint density at radius 3 is 2.63 bits per heavy atom. The molecule has 5 heteroatoms. The Morgan fingerprint density at radius 2 is 1.85 bits per heavy atom. The van der Waals surface area contributed by atoms with Crippen LogP contribution in [0.4, 0.5) is 11.4 Å². The summed E-state index contributed by atoms with van der Waals surface area (Å²) in [6.45, 7) is 5.32. The largest absolute Gasteiger partial charge is 0.457 e. The van der Waals surface area contributed by atoms with E-state index >= 15 is 0 Å². The van der Waals surface area contributed by atoms with Crippen molar-refractivity contribution in [3.63, 3.8) is 0 Å². The smallest absolute Gasteiger partial charge is 0.248 e. The van der Waals surface area contributed by atoms with Crippen molar-refractivity contribution in [1.82, 2.24) is 0 Å². The van der Waals surface area contributed by atoms with Gasteiger partial charge in [-0.3, -0.25) is 4.79 Å². The Morgan fingerprint density at radius 1 is 1.07 bits per heavy atom. The van der Waals surface area contributed by atoms with Gasteiger partial charge in [-0.25, -0.2) is 0 Å². The van der Waals surface area contributed by atoms with Crippen LogP contribution in [0.15, 0.2) is 59.0 Å². The highest BCUT2D eigenvalue weighted by atomic mass is 16.5. The van der Waals surface area contributed by atoms with E-state index < -0.39 is 0 Å². The number of furan rings is 1. The molecule has 0 saturated carbocycles. The average Bonchev–Trinajstić information content (AvgIpc) is 3.10. The summed E-state index contributed by atoms with van der Waals surface area (Å²) >= 11 is 0. The predicted molar refractivity (Wildman–Crippen MR) is 108 cm³/mol. The van der Waals surface area contributed by atoms with Crippen molar-refractivity contribution in [3.05, 3.63) is 65.9 Å². The van der Waals surface area contributed by atoms with Crippen LogP contribution in [0.2, 0.25) is 0 Å². The molecule has 1 amide bonds. The number of nitrogens with one attached hydrogen (secondary N) is 1. The quantitative estimate of drug-likeness (QED) is 0.706. The highest BCUT2D eigenvalue weighted by molar-refractivity contribution is 6.02. The van der Waals surface area contributed by atoms with Gasteiger partial charge in [-0.05, 0) is 55.0 Å². The maximum absolute atomic E-state index is 12.2. The van der Waals surface area contributed by atoms with Crippen LogP contribution in [-0.2, 0) is 9.53 Å². The number of aryl methyl sites for hydroxylation is 1. The Bertz CT molecular complexity index is 967. The maximum atomic E-state index is 12.2. The van der Waals surface area contributed by atoms with Crippen molar-refractivity contribution in [1.29, 1.82) is 0 Å². The summed E-state index contributed by atoms with van der Waals surface area (Å²) in [5.41, 5.74) is 3.88. The normalized spacial score (nSPS) is 14.8. The summed E-state index contributed by atoms with van der Waals surface area (Å²) in [5.74, 6) is 0.471.